The van der Waals surface area contributed by atoms with E-state index >= 15 is 0 Å². The van der Waals surface area contributed by atoms with Crippen molar-refractivity contribution in [1.29, 1.82) is 0 Å². The highest BCUT2D eigenvalue weighted by atomic mass is 16.5. The highest BCUT2D eigenvalue weighted by Crippen LogP contribution is 2.37. The molecule has 10 heteroatoms. The van der Waals surface area contributed by atoms with E-state index in [1.807, 2.05) is 11.0 Å². The smallest absolute Gasteiger partial charge is 0.228 e. The minimum atomic E-state index is 0.0215. The maximum Gasteiger partial charge on any atom is 0.228 e. The molecule has 1 aromatic carbocycles. The normalized spacial score (nSPS) is 24.2. The SMILES string of the molecule is COc1cc2cc(c1OC)CCCNC(=O)CCC[C@H]1[C@@H]3C[C@@H](CN(C(=O)Cc4cnc[nH]4)C3)CN1C(=O)CC2. The average molecular weight is 552 g/mol. The molecule has 2 fully saturated rings. The Balaban J connectivity index is 1.35. The number of fused-ring (bicyclic) bond motifs is 6. The molecule has 3 aliphatic heterocycles. The van der Waals surface area contributed by atoms with Crippen molar-refractivity contribution in [3.63, 3.8) is 0 Å². The van der Waals surface area contributed by atoms with Crippen LogP contribution in [0.4, 0.5) is 0 Å². The first-order chi connectivity index (χ1) is 19.4. The van der Waals surface area contributed by atoms with Crippen molar-refractivity contribution in [3.8, 4) is 11.5 Å². The Morgan fingerprint density at radius 1 is 1.05 bits per heavy atom. The van der Waals surface area contributed by atoms with Crippen molar-refractivity contribution in [2.24, 2.45) is 11.8 Å². The number of benzene rings is 1. The molecule has 40 heavy (non-hydrogen) atoms. The van der Waals surface area contributed by atoms with E-state index in [-0.39, 0.29) is 35.6 Å². The van der Waals surface area contributed by atoms with Gasteiger partial charge in [0, 0.05) is 57.0 Å². The number of methoxy groups -OCH3 is 2. The molecule has 2 saturated heterocycles. The van der Waals surface area contributed by atoms with Gasteiger partial charge >= 0.3 is 0 Å². The number of imidazole rings is 1. The lowest BCUT2D eigenvalue weighted by atomic mass is 9.77. The Morgan fingerprint density at radius 2 is 1.93 bits per heavy atom. The van der Waals surface area contributed by atoms with Crippen LogP contribution in [-0.2, 0) is 33.6 Å². The maximum atomic E-state index is 13.7. The molecular formula is C30H41N5O5. The number of piperidine rings is 2. The third-order valence-electron chi connectivity index (χ3n) is 8.63. The number of rotatable bonds is 4. The maximum absolute atomic E-state index is 13.7. The van der Waals surface area contributed by atoms with E-state index in [2.05, 4.69) is 26.3 Å². The van der Waals surface area contributed by atoms with Gasteiger partial charge < -0.3 is 29.6 Å². The predicted molar refractivity (Wildman–Crippen MR) is 149 cm³/mol. The summed E-state index contributed by atoms with van der Waals surface area (Å²) in [5.41, 5.74) is 2.88. The number of likely N-dealkylation sites (tertiary alicyclic amines) is 1. The van der Waals surface area contributed by atoms with Gasteiger partial charge in [0.2, 0.25) is 17.7 Å². The number of hydrogen-bond donors (Lipinski definition) is 2. The molecule has 2 N–H and O–H groups in total. The third-order valence-corrected chi connectivity index (χ3v) is 8.63. The molecule has 216 valence electrons. The van der Waals surface area contributed by atoms with Crippen molar-refractivity contribution in [1.82, 2.24) is 25.1 Å². The second-order valence-electron chi connectivity index (χ2n) is 11.4. The second kappa shape index (κ2) is 12.7. The van der Waals surface area contributed by atoms with Crippen LogP contribution in [0, 0.1) is 11.8 Å². The highest BCUT2D eigenvalue weighted by Gasteiger charge is 2.43. The van der Waals surface area contributed by atoms with Crippen LogP contribution in [0.15, 0.2) is 24.7 Å². The van der Waals surface area contributed by atoms with Crippen LogP contribution in [0.5, 0.6) is 11.5 Å². The summed E-state index contributed by atoms with van der Waals surface area (Å²) >= 11 is 0. The van der Waals surface area contributed by atoms with Gasteiger partial charge in [-0.25, -0.2) is 4.98 Å². The van der Waals surface area contributed by atoms with Crippen LogP contribution < -0.4 is 14.8 Å². The minimum Gasteiger partial charge on any atom is -0.493 e. The number of aromatic amines is 1. The molecule has 0 aliphatic carbocycles. The number of carbonyl (C=O) groups is 3. The number of aromatic nitrogens is 2. The molecule has 5 rings (SSSR count). The zero-order chi connectivity index (χ0) is 28.1. The number of H-pyrrole nitrogens is 1. The summed E-state index contributed by atoms with van der Waals surface area (Å²) in [6, 6.07) is 4.09. The summed E-state index contributed by atoms with van der Waals surface area (Å²) in [6.45, 7) is 2.56. The lowest BCUT2D eigenvalue weighted by molar-refractivity contribution is -0.145. The van der Waals surface area contributed by atoms with Crippen LogP contribution in [0.1, 0.15) is 55.3 Å². The summed E-state index contributed by atoms with van der Waals surface area (Å²) in [4.78, 5) is 50.5. The number of ether oxygens (including phenoxy) is 2. The van der Waals surface area contributed by atoms with Gasteiger partial charge in [-0.15, -0.1) is 0 Å². The fraction of sp³-hybridized carbons (Fsp3) is 0.600. The quantitative estimate of drug-likeness (QED) is 0.603. The van der Waals surface area contributed by atoms with E-state index < -0.39 is 0 Å². The molecule has 2 aromatic rings. The number of nitrogens with zero attached hydrogens (tertiary/aromatic N) is 3. The van der Waals surface area contributed by atoms with Gasteiger partial charge in [0.05, 0.1) is 27.0 Å². The molecule has 4 heterocycles. The molecule has 0 saturated carbocycles. The Bertz CT molecular complexity index is 1200. The van der Waals surface area contributed by atoms with Crippen molar-refractivity contribution in [3.05, 3.63) is 41.5 Å². The van der Waals surface area contributed by atoms with E-state index in [1.165, 1.54) is 0 Å². The van der Waals surface area contributed by atoms with Crippen LogP contribution in [0.2, 0.25) is 0 Å². The first-order valence-electron chi connectivity index (χ1n) is 14.5. The van der Waals surface area contributed by atoms with Crippen LogP contribution in [-0.4, -0.2) is 83.9 Å². The number of hydrogen-bond acceptors (Lipinski definition) is 6. The van der Waals surface area contributed by atoms with Crippen LogP contribution >= 0.6 is 0 Å². The van der Waals surface area contributed by atoms with Crippen LogP contribution in [0.3, 0.4) is 0 Å². The predicted octanol–water partition coefficient (Wildman–Crippen LogP) is 2.51. The number of nitrogens with one attached hydrogen (secondary N) is 2. The molecule has 3 atom stereocenters. The van der Waals surface area contributed by atoms with Gasteiger partial charge in [0.1, 0.15) is 0 Å². The molecule has 1 aromatic heterocycles. The van der Waals surface area contributed by atoms with E-state index in [4.69, 9.17) is 9.47 Å². The van der Waals surface area contributed by atoms with Gasteiger partial charge in [-0.05, 0) is 67.6 Å². The van der Waals surface area contributed by atoms with Gasteiger partial charge in [-0.3, -0.25) is 14.4 Å². The summed E-state index contributed by atoms with van der Waals surface area (Å²) < 4.78 is 11.3. The van der Waals surface area contributed by atoms with E-state index in [0.717, 1.165) is 42.5 Å². The Morgan fingerprint density at radius 3 is 2.70 bits per heavy atom. The van der Waals surface area contributed by atoms with E-state index in [9.17, 15) is 14.4 Å². The van der Waals surface area contributed by atoms with Gasteiger partial charge in [0.15, 0.2) is 11.5 Å². The lowest BCUT2D eigenvalue weighted by Crippen LogP contribution is -2.60. The molecule has 0 spiro atoms. The monoisotopic (exact) mass is 551 g/mol. The van der Waals surface area contributed by atoms with Crippen molar-refractivity contribution >= 4 is 17.7 Å². The Hall–Kier alpha value is -3.56. The fourth-order valence-electron chi connectivity index (χ4n) is 6.76. The Labute approximate surface area is 235 Å². The van der Waals surface area contributed by atoms with Gasteiger partial charge in [0.25, 0.3) is 0 Å². The van der Waals surface area contributed by atoms with Crippen LogP contribution in [0.25, 0.3) is 0 Å². The topological polar surface area (TPSA) is 117 Å². The highest BCUT2D eigenvalue weighted by molar-refractivity contribution is 5.79. The molecule has 3 aliphatic rings. The zero-order valence-corrected chi connectivity index (χ0v) is 23.6. The van der Waals surface area contributed by atoms with Gasteiger partial charge in [-0.1, -0.05) is 6.07 Å². The minimum absolute atomic E-state index is 0.0215. The third kappa shape index (κ3) is 6.42. The number of aryl methyl sites for hydroxylation is 2. The molecule has 3 amide bonds. The first-order valence-corrected chi connectivity index (χ1v) is 14.5. The summed E-state index contributed by atoms with van der Waals surface area (Å²) in [7, 11) is 3.26. The summed E-state index contributed by atoms with van der Waals surface area (Å²) in [5.74, 6) is 2.11. The number of amides is 3. The summed E-state index contributed by atoms with van der Waals surface area (Å²) in [6.07, 6.45) is 9.08. The molecule has 0 unspecified atom stereocenters. The molecule has 10 nitrogen and oxygen atoms in total. The molecule has 0 radical (unpaired) electrons. The van der Waals surface area contributed by atoms with Gasteiger partial charge in [-0.2, -0.15) is 0 Å². The fourth-order valence-corrected chi connectivity index (χ4v) is 6.76. The standard InChI is InChI=1S/C30H41N5O5/c1-39-26-13-20-8-9-28(37)35-17-21-12-23(18-34(16-21)29(38)14-24-15-31-19-33-24)25(35)6-3-7-27(36)32-10-4-5-22(11-20)30(26)40-2/h11,13,15,19,21,23,25H,3-10,12,14,16-18H2,1-2H3,(H,31,33)(H,32,36)/t21-,23+,25-/m0/s1. The van der Waals surface area contributed by atoms with E-state index in [0.29, 0.717) is 69.8 Å². The van der Waals surface area contributed by atoms with Crippen molar-refractivity contribution < 1.29 is 23.9 Å². The molecule has 4 bridgehead atoms. The lowest BCUT2D eigenvalue weighted by Gasteiger charge is -2.51. The van der Waals surface area contributed by atoms with E-state index in [1.54, 1.807) is 26.7 Å². The van der Waals surface area contributed by atoms with Crippen molar-refractivity contribution in [2.45, 2.75) is 63.8 Å². The number of carbonyl (C=O) groups excluding carboxylic acids is 3. The molecular weight excluding hydrogens is 510 g/mol. The second-order valence-corrected chi connectivity index (χ2v) is 11.4. The average Bonchev–Trinajstić information content (AvgIpc) is 3.47. The zero-order valence-electron chi connectivity index (χ0n) is 23.6. The Kier molecular flexibility index (Phi) is 8.91. The largest absolute Gasteiger partial charge is 0.493 e. The van der Waals surface area contributed by atoms with Crippen molar-refractivity contribution in [2.75, 3.05) is 40.4 Å². The summed E-state index contributed by atoms with van der Waals surface area (Å²) in [5, 5.41) is 3.05. The first kappa shape index (κ1) is 28.0.